The molecular formula is C12H14O3. The van der Waals surface area contributed by atoms with Gasteiger partial charge in [-0.25, -0.2) is 0 Å². The minimum atomic E-state index is -0.869. The molecule has 0 spiro atoms. The number of carbonyl (C=O) groups is 2. The molecule has 1 N–H and O–H groups in total. The van der Waals surface area contributed by atoms with Crippen LogP contribution in [0.25, 0.3) is 0 Å². The summed E-state index contributed by atoms with van der Waals surface area (Å²) in [5.74, 6) is -0.737. The van der Waals surface area contributed by atoms with Crippen molar-refractivity contribution in [2.24, 2.45) is 0 Å². The molecule has 0 fully saturated rings. The summed E-state index contributed by atoms with van der Waals surface area (Å²) in [6.45, 7) is 1.81. The number of carboxylic acid groups (broad SMARTS) is 1. The van der Waals surface area contributed by atoms with Gasteiger partial charge in [-0.2, -0.15) is 0 Å². The molecule has 0 atom stereocenters. The van der Waals surface area contributed by atoms with Crippen molar-refractivity contribution in [3.63, 3.8) is 0 Å². The molecule has 1 aromatic carbocycles. The summed E-state index contributed by atoms with van der Waals surface area (Å²) in [5.41, 5.74) is 1.55. The Labute approximate surface area is 88.7 Å². The zero-order valence-electron chi connectivity index (χ0n) is 8.69. The quantitative estimate of drug-likeness (QED) is 0.799. The second-order valence-electron chi connectivity index (χ2n) is 3.41. The van der Waals surface area contributed by atoms with Crippen LogP contribution < -0.4 is 0 Å². The van der Waals surface area contributed by atoms with Gasteiger partial charge in [0.05, 0.1) is 6.42 Å². The maximum atomic E-state index is 11.3. The van der Waals surface area contributed by atoms with Crippen molar-refractivity contribution in [2.75, 3.05) is 0 Å². The number of hydrogen-bond acceptors (Lipinski definition) is 2. The van der Waals surface area contributed by atoms with E-state index in [1.54, 1.807) is 12.1 Å². The van der Waals surface area contributed by atoms with E-state index in [0.29, 0.717) is 12.8 Å². The van der Waals surface area contributed by atoms with E-state index in [9.17, 15) is 9.59 Å². The Kier molecular flexibility index (Phi) is 4.03. The lowest BCUT2D eigenvalue weighted by Gasteiger charge is -2.05. The van der Waals surface area contributed by atoms with Crippen molar-refractivity contribution in [1.82, 2.24) is 0 Å². The highest BCUT2D eigenvalue weighted by atomic mass is 16.4. The summed E-state index contributed by atoms with van der Waals surface area (Å²) in [5, 5.41) is 8.70. The molecule has 0 amide bonds. The number of ketones is 1. The standard InChI is InChI=1S/C12H14O3/c1-2-11(13)7-9-5-3-4-6-10(9)8-12(14)15/h3-6H,2,7-8H2,1H3,(H,14,15). The highest BCUT2D eigenvalue weighted by molar-refractivity contribution is 5.81. The summed E-state index contributed by atoms with van der Waals surface area (Å²) < 4.78 is 0. The first kappa shape index (κ1) is 11.4. The van der Waals surface area contributed by atoms with Crippen LogP contribution in [0.3, 0.4) is 0 Å². The molecule has 0 aromatic heterocycles. The van der Waals surface area contributed by atoms with Crippen LogP contribution in [0.4, 0.5) is 0 Å². The van der Waals surface area contributed by atoms with Crippen molar-refractivity contribution < 1.29 is 14.7 Å². The summed E-state index contributed by atoms with van der Waals surface area (Å²) in [6, 6.07) is 7.18. The second-order valence-corrected chi connectivity index (χ2v) is 3.41. The first-order valence-electron chi connectivity index (χ1n) is 4.93. The lowest BCUT2D eigenvalue weighted by atomic mass is 9.99. The van der Waals surface area contributed by atoms with Gasteiger partial charge in [-0.15, -0.1) is 0 Å². The van der Waals surface area contributed by atoms with Crippen LogP contribution in [0.5, 0.6) is 0 Å². The summed E-state index contributed by atoms with van der Waals surface area (Å²) >= 11 is 0. The van der Waals surface area contributed by atoms with Crippen molar-refractivity contribution in [2.45, 2.75) is 26.2 Å². The van der Waals surface area contributed by atoms with Crippen LogP contribution in [0.15, 0.2) is 24.3 Å². The smallest absolute Gasteiger partial charge is 0.307 e. The average Bonchev–Trinajstić information content (AvgIpc) is 2.20. The Bertz CT molecular complexity index is 369. The van der Waals surface area contributed by atoms with E-state index in [2.05, 4.69) is 0 Å². The third kappa shape index (κ3) is 3.54. The molecule has 0 radical (unpaired) electrons. The molecule has 0 unspecified atom stereocenters. The number of aliphatic carboxylic acids is 1. The van der Waals surface area contributed by atoms with E-state index in [1.165, 1.54) is 0 Å². The molecule has 15 heavy (non-hydrogen) atoms. The van der Waals surface area contributed by atoms with Gasteiger partial charge in [-0.1, -0.05) is 31.2 Å². The fourth-order valence-electron chi connectivity index (χ4n) is 1.40. The zero-order valence-corrected chi connectivity index (χ0v) is 8.69. The van der Waals surface area contributed by atoms with Crippen LogP contribution in [0, 0.1) is 0 Å². The number of carbonyl (C=O) groups excluding carboxylic acids is 1. The molecule has 0 bridgehead atoms. The number of rotatable bonds is 5. The molecule has 80 valence electrons. The van der Waals surface area contributed by atoms with Crippen LogP contribution in [-0.2, 0) is 22.4 Å². The normalized spacial score (nSPS) is 9.93. The van der Waals surface area contributed by atoms with Gasteiger partial charge in [0.15, 0.2) is 0 Å². The van der Waals surface area contributed by atoms with E-state index in [-0.39, 0.29) is 12.2 Å². The Balaban J connectivity index is 2.85. The van der Waals surface area contributed by atoms with Crippen molar-refractivity contribution >= 4 is 11.8 Å². The number of carboxylic acids is 1. The highest BCUT2D eigenvalue weighted by Crippen LogP contribution is 2.11. The minimum Gasteiger partial charge on any atom is -0.481 e. The van der Waals surface area contributed by atoms with Crippen LogP contribution in [0.1, 0.15) is 24.5 Å². The molecule has 0 heterocycles. The number of Topliss-reactive ketones (excluding diaryl/α,β-unsaturated/α-hetero) is 1. The third-order valence-electron chi connectivity index (χ3n) is 2.24. The Hall–Kier alpha value is -1.64. The van der Waals surface area contributed by atoms with E-state index < -0.39 is 5.97 Å². The SMILES string of the molecule is CCC(=O)Cc1ccccc1CC(=O)O. The second kappa shape index (κ2) is 5.29. The maximum Gasteiger partial charge on any atom is 0.307 e. The maximum absolute atomic E-state index is 11.3. The largest absolute Gasteiger partial charge is 0.481 e. The van der Waals surface area contributed by atoms with Crippen molar-refractivity contribution in [3.05, 3.63) is 35.4 Å². The molecule has 0 aliphatic rings. The molecule has 3 nitrogen and oxygen atoms in total. The van der Waals surface area contributed by atoms with Gasteiger partial charge in [0, 0.05) is 12.8 Å². The molecule has 3 heteroatoms. The average molecular weight is 206 g/mol. The fourth-order valence-corrected chi connectivity index (χ4v) is 1.40. The van der Waals surface area contributed by atoms with Gasteiger partial charge in [0.1, 0.15) is 5.78 Å². The molecule has 1 rings (SSSR count). The first-order chi connectivity index (χ1) is 7.13. The topological polar surface area (TPSA) is 54.4 Å². The Morgan fingerprint density at radius 3 is 2.13 bits per heavy atom. The number of benzene rings is 1. The fraction of sp³-hybridized carbons (Fsp3) is 0.333. The third-order valence-corrected chi connectivity index (χ3v) is 2.24. The molecule has 1 aromatic rings. The lowest BCUT2D eigenvalue weighted by Crippen LogP contribution is -2.07. The minimum absolute atomic E-state index is 0.0207. The van der Waals surface area contributed by atoms with E-state index in [4.69, 9.17) is 5.11 Å². The predicted molar refractivity (Wildman–Crippen MR) is 56.8 cm³/mol. The molecule has 0 aliphatic carbocycles. The van der Waals surface area contributed by atoms with Crippen molar-refractivity contribution in [1.29, 1.82) is 0 Å². The van der Waals surface area contributed by atoms with Gasteiger partial charge < -0.3 is 5.11 Å². The van der Waals surface area contributed by atoms with Gasteiger partial charge in [0.2, 0.25) is 0 Å². The predicted octanol–water partition coefficient (Wildman–Crippen LogP) is 1.84. The summed E-state index contributed by atoms with van der Waals surface area (Å²) in [6.07, 6.45) is 0.800. The van der Waals surface area contributed by atoms with Crippen LogP contribution >= 0.6 is 0 Å². The van der Waals surface area contributed by atoms with Gasteiger partial charge >= 0.3 is 5.97 Å². The monoisotopic (exact) mass is 206 g/mol. The van der Waals surface area contributed by atoms with Gasteiger partial charge in [0.25, 0.3) is 0 Å². The van der Waals surface area contributed by atoms with E-state index in [1.807, 2.05) is 19.1 Å². The zero-order chi connectivity index (χ0) is 11.3. The van der Waals surface area contributed by atoms with Crippen molar-refractivity contribution in [3.8, 4) is 0 Å². The lowest BCUT2D eigenvalue weighted by molar-refractivity contribution is -0.136. The number of hydrogen-bond donors (Lipinski definition) is 1. The van der Waals surface area contributed by atoms with Crippen LogP contribution in [0.2, 0.25) is 0 Å². The molecule has 0 saturated heterocycles. The van der Waals surface area contributed by atoms with E-state index >= 15 is 0 Å². The molecule has 0 saturated carbocycles. The van der Waals surface area contributed by atoms with Gasteiger partial charge in [-0.05, 0) is 11.1 Å². The molecule has 0 aliphatic heterocycles. The van der Waals surface area contributed by atoms with Crippen LogP contribution in [-0.4, -0.2) is 16.9 Å². The summed E-state index contributed by atoms with van der Waals surface area (Å²) in [4.78, 5) is 21.9. The van der Waals surface area contributed by atoms with Gasteiger partial charge in [-0.3, -0.25) is 9.59 Å². The Morgan fingerprint density at radius 2 is 1.67 bits per heavy atom. The highest BCUT2D eigenvalue weighted by Gasteiger charge is 2.08. The molecular weight excluding hydrogens is 192 g/mol. The first-order valence-corrected chi connectivity index (χ1v) is 4.93. The Morgan fingerprint density at radius 1 is 1.13 bits per heavy atom. The van der Waals surface area contributed by atoms with E-state index in [0.717, 1.165) is 11.1 Å². The summed E-state index contributed by atoms with van der Waals surface area (Å²) in [7, 11) is 0.